The van der Waals surface area contributed by atoms with Crippen molar-refractivity contribution in [2.45, 2.75) is 13.5 Å². The second-order valence-electron chi connectivity index (χ2n) is 5.74. The Morgan fingerprint density at radius 2 is 2.00 bits per heavy atom. The van der Waals surface area contributed by atoms with Crippen LogP contribution in [0.5, 0.6) is 0 Å². The van der Waals surface area contributed by atoms with E-state index in [9.17, 15) is 9.90 Å². The van der Waals surface area contributed by atoms with Gasteiger partial charge >= 0.3 is 5.97 Å². The third kappa shape index (κ3) is 2.32. The summed E-state index contributed by atoms with van der Waals surface area (Å²) in [5, 5.41) is 13.8. The Kier molecular flexibility index (Phi) is 3.20. The number of para-hydroxylation sites is 1. The SMILES string of the molecule is Cc1ccc2scc(Cn3c(C(=O)O)cc4ccccc43)c2c1. The maximum absolute atomic E-state index is 11.6. The first-order chi connectivity index (χ1) is 11.1. The largest absolute Gasteiger partial charge is 0.477 e. The van der Waals surface area contributed by atoms with Crippen molar-refractivity contribution in [3.05, 3.63) is 70.7 Å². The molecule has 2 aromatic carbocycles. The summed E-state index contributed by atoms with van der Waals surface area (Å²) in [6, 6.07) is 16.0. The van der Waals surface area contributed by atoms with Crippen molar-refractivity contribution in [3.8, 4) is 0 Å². The highest BCUT2D eigenvalue weighted by Gasteiger charge is 2.16. The van der Waals surface area contributed by atoms with Crippen molar-refractivity contribution in [1.29, 1.82) is 0 Å². The second kappa shape index (κ2) is 5.25. The molecule has 0 spiro atoms. The third-order valence-corrected chi connectivity index (χ3v) is 5.18. The van der Waals surface area contributed by atoms with Gasteiger partial charge in [-0.3, -0.25) is 0 Å². The first-order valence-corrected chi connectivity index (χ1v) is 8.30. The van der Waals surface area contributed by atoms with Crippen LogP contribution >= 0.6 is 11.3 Å². The molecule has 0 radical (unpaired) electrons. The van der Waals surface area contributed by atoms with E-state index in [0.29, 0.717) is 12.2 Å². The number of nitrogens with zero attached hydrogens (tertiary/aromatic N) is 1. The molecular weight excluding hydrogens is 306 g/mol. The van der Waals surface area contributed by atoms with Gasteiger partial charge in [-0.2, -0.15) is 0 Å². The number of hydrogen-bond acceptors (Lipinski definition) is 2. The maximum atomic E-state index is 11.6. The summed E-state index contributed by atoms with van der Waals surface area (Å²) in [5.41, 5.74) is 3.67. The van der Waals surface area contributed by atoms with Gasteiger partial charge in [-0.15, -0.1) is 11.3 Å². The Morgan fingerprint density at radius 1 is 1.17 bits per heavy atom. The molecule has 0 aliphatic carbocycles. The predicted octanol–water partition coefficient (Wildman–Crippen LogP) is 4.91. The van der Waals surface area contributed by atoms with Gasteiger partial charge in [-0.1, -0.05) is 35.9 Å². The van der Waals surface area contributed by atoms with E-state index in [1.807, 2.05) is 28.8 Å². The third-order valence-electron chi connectivity index (χ3n) is 4.17. The van der Waals surface area contributed by atoms with Crippen molar-refractivity contribution in [2.24, 2.45) is 0 Å². The standard InChI is InChI=1S/C19H15NO2S/c1-12-6-7-18-15(8-12)14(11-23-18)10-20-16-5-3-2-4-13(16)9-17(20)19(21)22/h2-9,11H,10H2,1H3,(H,21,22). The zero-order valence-corrected chi connectivity index (χ0v) is 13.4. The first-order valence-electron chi connectivity index (χ1n) is 7.42. The van der Waals surface area contributed by atoms with Crippen LogP contribution in [-0.4, -0.2) is 15.6 Å². The van der Waals surface area contributed by atoms with E-state index in [4.69, 9.17) is 0 Å². The normalized spacial score (nSPS) is 11.3. The van der Waals surface area contributed by atoms with Crippen LogP contribution in [0.25, 0.3) is 21.0 Å². The fourth-order valence-corrected chi connectivity index (χ4v) is 3.98. The van der Waals surface area contributed by atoms with Gasteiger partial charge < -0.3 is 9.67 Å². The lowest BCUT2D eigenvalue weighted by Gasteiger charge is -2.08. The van der Waals surface area contributed by atoms with Gasteiger partial charge in [0.15, 0.2) is 0 Å². The summed E-state index contributed by atoms with van der Waals surface area (Å²) >= 11 is 1.70. The number of fused-ring (bicyclic) bond motifs is 2. The topological polar surface area (TPSA) is 42.2 Å². The molecule has 2 aromatic heterocycles. The summed E-state index contributed by atoms with van der Waals surface area (Å²) in [6.07, 6.45) is 0. The van der Waals surface area contributed by atoms with Crippen LogP contribution in [0.1, 0.15) is 21.6 Å². The van der Waals surface area contributed by atoms with Crippen LogP contribution in [0.15, 0.2) is 53.9 Å². The van der Waals surface area contributed by atoms with E-state index >= 15 is 0 Å². The van der Waals surface area contributed by atoms with Crippen molar-refractivity contribution < 1.29 is 9.90 Å². The minimum atomic E-state index is -0.892. The number of hydrogen-bond donors (Lipinski definition) is 1. The second-order valence-corrected chi connectivity index (χ2v) is 6.65. The summed E-state index contributed by atoms with van der Waals surface area (Å²) in [4.78, 5) is 11.6. The average molecular weight is 321 g/mol. The van der Waals surface area contributed by atoms with Crippen LogP contribution in [0.3, 0.4) is 0 Å². The number of carboxylic acids is 1. The van der Waals surface area contributed by atoms with Gasteiger partial charge in [0.25, 0.3) is 0 Å². The Balaban J connectivity index is 1.90. The van der Waals surface area contributed by atoms with E-state index < -0.39 is 5.97 Å². The predicted molar refractivity (Wildman–Crippen MR) is 94.6 cm³/mol. The number of aromatic carboxylic acids is 1. The van der Waals surface area contributed by atoms with Gasteiger partial charge in [0.05, 0.1) is 0 Å². The Morgan fingerprint density at radius 3 is 2.83 bits per heavy atom. The fourth-order valence-electron chi connectivity index (χ4n) is 3.05. The zero-order valence-electron chi connectivity index (χ0n) is 12.6. The van der Waals surface area contributed by atoms with Crippen LogP contribution in [-0.2, 0) is 6.54 Å². The highest BCUT2D eigenvalue weighted by atomic mass is 32.1. The molecule has 114 valence electrons. The summed E-state index contributed by atoms with van der Waals surface area (Å²) in [6.45, 7) is 2.65. The van der Waals surface area contributed by atoms with Crippen molar-refractivity contribution in [1.82, 2.24) is 4.57 Å². The molecule has 4 aromatic rings. The molecule has 0 saturated carbocycles. The molecule has 4 rings (SSSR count). The average Bonchev–Trinajstić information content (AvgIpc) is 3.10. The smallest absolute Gasteiger partial charge is 0.352 e. The number of rotatable bonds is 3. The lowest BCUT2D eigenvalue weighted by molar-refractivity contribution is 0.0686. The lowest BCUT2D eigenvalue weighted by atomic mass is 10.1. The van der Waals surface area contributed by atoms with E-state index in [1.54, 1.807) is 17.4 Å². The highest BCUT2D eigenvalue weighted by molar-refractivity contribution is 7.17. The molecule has 0 saturated heterocycles. The first kappa shape index (κ1) is 14.0. The number of thiophene rings is 1. The van der Waals surface area contributed by atoms with Gasteiger partial charge in [0.2, 0.25) is 0 Å². The van der Waals surface area contributed by atoms with E-state index in [2.05, 4.69) is 30.5 Å². The molecule has 0 unspecified atom stereocenters. The van der Waals surface area contributed by atoms with Crippen molar-refractivity contribution >= 4 is 38.3 Å². The van der Waals surface area contributed by atoms with Gasteiger partial charge in [0.1, 0.15) is 5.69 Å². The van der Waals surface area contributed by atoms with Crippen molar-refractivity contribution in [2.75, 3.05) is 0 Å². The number of aromatic nitrogens is 1. The number of carbonyl (C=O) groups is 1. The van der Waals surface area contributed by atoms with Gasteiger partial charge in [-0.05, 0) is 41.5 Å². The molecule has 1 N–H and O–H groups in total. The van der Waals surface area contributed by atoms with E-state index in [-0.39, 0.29) is 0 Å². The molecule has 0 bridgehead atoms. The monoisotopic (exact) mass is 321 g/mol. The summed E-state index contributed by atoms with van der Waals surface area (Å²) in [5.74, 6) is -0.892. The molecule has 0 atom stereocenters. The molecule has 2 heterocycles. The number of benzene rings is 2. The van der Waals surface area contributed by atoms with Crippen LogP contribution < -0.4 is 0 Å². The summed E-state index contributed by atoms with van der Waals surface area (Å²) in [7, 11) is 0. The minimum absolute atomic E-state index is 0.332. The molecular formula is C19H15NO2S. The number of aryl methyl sites for hydroxylation is 1. The fraction of sp³-hybridized carbons (Fsp3) is 0.105. The van der Waals surface area contributed by atoms with E-state index in [1.165, 1.54) is 15.6 Å². The lowest BCUT2D eigenvalue weighted by Crippen LogP contribution is -2.09. The molecule has 23 heavy (non-hydrogen) atoms. The molecule has 0 fully saturated rings. The van der Waals surface area contributed by atoms with Gasteiger partial charge in [0, 0.05) is 22.1 Å². The van der Waals surface area contributed by atoms with Crippen LogP contribution in [0.2, 0.25) is 0 Å². The Hall–Kier alpha value is -2.59. The highest BCUT2D eigenvalue weighted by Crippen LogP contribution is 2.29. The minimum Gasteiger partial charge on any atom is -0.477 e. The van der Waals surface area contributed by atoms with Gasteiger partial charge in [-0.25, -0.2) is 4.79 Å². The Labute approximate surface area is 137 Å². The maximum Gasteiger partial charge on any atom is 0.352 e. The quantitative estimate of drug-likeness (QED) is 0.582. The molecule has 0 aliphatic heterocycles. The summed E-state index contributed by atoms with van der Waals surface area (Å²) < 4.78 is 3.13. The van der Waals surface area contributed by atoms with Crippen molar-refractivity contribution in [3.63, 3.8) is 0 Å². The van der Waals surface area contributed by atoms with Crippen LogP contribution in [0, 0.1) is 6.92 Å². The molecule has 0 amide bonds. The Bertz CT molecular complexity index is 1040. The molecule has 3 nitrogen and oxygen atoms in total. The molecule has 0 aliphatic rings. The van der Waals surface area contributed by atoms with Crippen LogP contribution in [0.4, 0.5) is 0 Å². The zero-order chi connectivity index (χ0) is 16.0. The van der Waals surface area contributed by atoms with E-state index in [0.717, 1.165) is 16.5 Å². The number of carboxylic acid groups (broad SMARTS) is 1. The molecule has 4 heteroatoms.